The van der Waals surface area contributed by atoms with Gasteiger partial charge in [0.15, 0.2) is 0 Å². The Morgan fingerprint density at radius 2 is 1.81 bits per heavy atom. The average Bonchev–Trinajstić information content (AvgIpc) is 2.36. The lowest BCUT2D eigenvalue weighted by Gasteiger charge is -2.23. The van der Waals surface area contributed by atoms with E-state index in [0.717, 1.165) is 12.1 Å². The summed E-state index contributed by atoms with van der Waals surface area (Å²) in [4.78, 5) is 0. The molecule has 0 bridgehead atoms. The second-order valence-electron chi connectivity index (χ2n) is 4.80. The molecule has 0 fully saturated rings. The molecule has 0 saturated heterocycles. The number of alkyl halides is 4. The number of nitrogens with two attached hydrogens (primary N) is 1. The highest BCUT2D eigenvalue weighted by Crippen LogP contribution is 2.29. The molecule has 0 aliphatic heterocycles. The van der Waals surface area contributed by atoms with E-state index in [2.05, 4.69) is 4.74 Å². The van der Waals surface area contributed by atoms with Gasteiger partial charge >= 0.3 is 12.5 Å². The van der Waals surface area contributed by atoms with Crippen LogP contribution < -0.4 is 10.5 Å². The van der Waals surface area contributed by atoms with Crippen molar-refractivity contribution in [3.8, 4) is 5.75 Å². The first kappa shape index (κ1) is 19.9. The smallest absolute Gasteiger partial charge is 0.428 e. The van der Waals surface area contributed by atoms with Crippen LogP contribution in [0.15, 0.2) is 24.3 Å². The number of rotatable bonds is 6. The van der Waals surface area contributed by atoms with Gasteiger partial charge in [-0.1, -0.05) is 26.0 Å². The highest BCUT2D eigenvalue weighted by molar-refractivity contribution is 5.85. The summed E-state index contributed by atoms with van der Waals surface area (Å²) in [7, 11) is 0. The maximum absolute atomic E-state index is 12.8. The Balaban J connectivity index is 0.00000400. The molecule has 1 aromatic rings. The molecular weight excluding hydrogens is 314 g/mol. The lowest BCUT2D eigenvalue weighted by atomic mass is 9.94. The summed E-state index contributed by atoms with van der Waals surface area (Å²) in [5.41, 5.74) is 6.12. The zero-order chi connectivity index (χ0) is 15.5. The molecule has 0 saturated carbocycles. The fraction of sp³-hybridized carbons (Fsp3) is 0.538. The van der Waals surface area contributed by atoms with E-state index in [1.807, 2.05) is 0 Å². The van der Waals surface area contributed by atoms with E-state index in [0.29, 0.717) is 5.56 Å². The van der Waals surface area contributed by atoms with Crippen LogP contribution in [0.4, 0.5) is 17.6 Å². The molecule has 0 radical (unpaired) electrons. The Bertz CT molecular complexity index is 446. The highest BCUT2D eigenvalue weighted by Gasteiger charge is 2.44. The first-order valence-electron chi connectivity index (χ1n) is 6.03. The number of hydrogen-bond acceptors (Lipinski definition) is 3. The van der Waals surface area contributed by atoms with Crippen molar-refractivity contribution in [3.05, 3.63) is 29.8 Å². The monoisotopic (exact) mass is 331 g/mol. The molecule has 8 heteroatoms. The summed E-state index contributed by atoms with van der Waals surface area (Å²) in [5.74, 6) is -0.573. The summed E-state index contributed by atoms with van der Waals surface area (Å²) in [6.07, 6.45) is -9.39. The molecule has 21 heavy (non-hydrogen) atoms. The standard InChI is InChI=1S/C13H17F4NO2.ClH/c1-7(2)11(19)10(18)8-4-3-5-9(6-8)20-13(16,17)12(14)15;/h3-7,10-12,19H,18H2,1-2H3;1H/t10-,11+;/m0./s1. The lowest BCUT2D eigenvalue weighted by Crippen LogP contribution is -2.33. The first-order valence-corrected chi connectivity index (χ1v) is 6.03. The Morgan fingerprint density at radius 1 is 1.24 bits per heavy atom. The molecule has 0 heterocycles. The van der Waals surface area contributed by atoms with Crippen molar-refractivity contribution in [2.24, 2.45) is 11.7 Å². The van der Waals surface area contributed by atoms with Gasteiger partial charge in [-0.15, -0.1) is 12.4 Å². The molecule has 2 atom stereocenters. The Hall–Kier alpha value is -1.05. The number of aliphatic hydroxyl groups excluding tert-OH is 1. The SMILES string of the molecule is CC(C)[C@@H](O)[C@@H](N)c1cccc(OC(F)(F)C(F)F)c1.Cl. The fourth-order valence-corrected chi connectivity index (χ4v) is 1.60. The van der Waals surface area contributed by atoms with Crippen molar-refractivity contribution in [1.29, 1.82) is 0 Å². The largest absolute Gasteiger partial charge is 0.461 e. The van der Waals surface area contributed by atoms with Crippen LogP contribution in [0.25, 0.3) is 0 Å². The van der Waals surface area contributed by atoms with Crippen LogP contribution in [0, 0.1) is 5.92 Å². The minimum absolute atomic E-state index is 0. The molecule has 3 N–H and O–H groups in total. The van der Waals surface area contributed by atoms with Gasteiger partial charge in [-0.05, 0) is 23.6 Å². The van der Waals surface area contributed by atoms with Crippen molar-refractivity contribution >= 4 is 12.4 Å². The van der Waals surface area contributed by atoms with Crippen LogP contribution >= 0.6 is 12.4 Å². The maximum atomic E-state index is 12.8. The topological polar surface area (TPSA) is 55.5 Å². The van der Waals surface area contributed by atoms with Crippen LogP contribution in [-0.4, -0.2) is 23.7 Å². The summed E-state index contributed by atoms with van der Waals surface area (Å²) in [6, 6.07) is 4.27. The summed E-state index contributed by atoms with van der Waals surface area (Å²) in [5, 5.41) is 9.83. The number of ether oxygens (including phenoxy) is 1. The van der Waals surface area contributed by atoms with E-state index in [4.69, 9.17) is 5.73 Å². The predicted octanol–water partition coefficient (Wildman–Crippen LogP) is 3.36. The normalized spacial score (nSPS) is 14.8. The molecule has 1 aromatic carbocycles. The van der Waals surface area contributed by atoms with Crippen molar-refractivity contribution in [1.82, 2.24) is 0 Å². The Labute approximate surface area is 126 Å². The lowest BCUT2D eigenvalue weighted by molar-refractivity contribution is -0.253. The second-order valence-corrected chi connectivity index (χ2v) is 4.80. The fourth-order valence-electron chi connectivity index (χ4n) is 1.60. The molecule has 0 amide bonds. The Morgan fingerprint density at radius 3 is 2.29 bits per heavy atom. The minimum atomic E-state index is -4.57. The molecule has 3 nitrogen and oxygen atoms in total. The summed E-state index contributed by atoms with van der Waals surface area (Å²) in [6.45, 7) is 3.49. The van der Waals surface area contributed by atoms with Crippen molar-refractivity contribution in [3.63, 3.8) is 0 Å². The van der Waals surface area contributed by atoms with Gasteiger partial charge in [0.1, 0.15) is 5.75 Å². The molecule has 0 unspecified atom stereocenters. The summed E-state index contributed by atoms with van der Waals surface area (Å²) < 4.78 is 53.7. The second kappa shape index (κ2) is 7.82. The molecule has 1 rings (SSSR count). The van der Waals surface area contributed by atoms with Gasteiger partial charge in [0, 0.05) is 0 Å². The van der Waals surface area contributed by atoms with Crippen LogP contribution in [0.2, 0.25) is 0 Å². The third-order valence-corrected chi connectivity index (χ3v) is 2.80. The van der Waals surface area contributed by atoms with E-state index < -0.39 is 30.4 Å². The highest BCUT2D eigenvalue weighted by atomic mass is 35.5. The van der Waals surface area contributed by atoms with Gasteiger partial charge in [-0.3, -0.25) is 0 Å². The predicted molar refractivity (Wildman–Crippen MR) is 73.0 cm³/mol. The zero-order valence-electron chi connectivity index (χ0n) is 11.5. The van der Waals surface area contributed by atoms with Gasteiger partial charge in [0.2, 0.25) is 0 Å². The average molecular weight is 332 g/mol. The molecular formula is C13H18ClF4NO2. The van der Waals surface area contributed by atoms with Crippen molar-refractivity contribution < 1.29 is 27.4 Å². The van der Waals surface area contributed by atoms with Crippen LogP contribution in [-0.2, 0) is 0 Å². The van der Waals surface area contributed by atoms with Crippen molar-refractivity contribution in [2.75, 3.05) is 0 Å². The zero-order valence-corrected chi connectivity index (χ0v) is 12.3. The Kier molecular flexibility index (Phi) is 7.43. The van der Waals surface area contributed by atoms with Crippen molar-refractivity contribution in [2.45, 2.75) is 38.5 Å². The molecule has 0 aliphatic carbocycles. The molecule has 122 valence electrons. The van der Waals surface area contributed by atoms with E-state index in [-0.39, 0.29) is 18.3 Å². The molecule has 0 aliphatic rings. The maximum Gasteiger partial charge on any atom is 0.461 e. The first-order chi connectivity index (χ1) is 9.15. The number of aliphatic hydroxyl groups is 1. The van der Waals surface area contributed by atoms with E-state index in [1.165, 1.54) is 12.1 Å². The molecule has 0 spiro atoms. The van der Waals surface area contributed by atoms with Gasteiger partial charge in [-0.2, -0.15) is 17.6 Å². The van der Waals surface area contributed by atoms with Crippen LogP contribution in [0.1, 0.15) is 25.5 Å². The van der Waals surface area contributed by atoms with Crippen LogP contribution in [0.3, 0.4) is 0 Å². The van der Waals surface area contributed by atoms with E-state index in [9.17, 15) is 22.7 Å². The van der Waals surface area contributed by atoms with Gasteiger partial charge in [0.05, 0.1) is 12.1 Å². The van der Waals surface area contributed by atoms with E-state index >= 15 is 0 Å². The van der Waals surface area contributed by atoms with Crippen LogP contribution in [0.5, 0.6) is 5.75 Å². The number of hydrogen-bond donors (Lipinski definition) is 2. The van der Waals surface area contributed by atoms with Gasteiger partial charge < -0.3 is 15.6 Å². The number of benzene rings is 1. The van der Waals surface area contributed by atoms with E-state index in [1.54, 1.807) is 13.8 Å². The third kappa shape index (κ3) is 5.33. The quantitative estimate of drug-likeness (QED) is 0.786. The third-order valence-electron chi connectivity index (χ3n) is 2.80. The van der Waals surface area contributed by atoms with Gasteiger partial charge in [-0.25, -0.2) is 0 Å². The minimum Gasteiger partial charge on any atom is -0.428 e. The number of halogens is 5. The molecule has 0 aromatic heterocycles. The van der Waals surface area contributed by atoms with Gasteiger partial charge in [0.25, 0.3) is 0 Å². The summed E-state index contributed by atoms with van der Waals surface area (Å²) >= 11 is 0.